The van der Waals surface area contributed by atoms with Crippen LogP contribution in [0.5, 0.6) is 0 Å². The van der Waals surface area contributed by atoms with Crippen LogP contribution >= 0.6 is 69.9 Å². The minimum absolute atomic E-state index is 0.257. The standard InChI is InChI=1S/C33H40Cl4N4O2S2/c1-19(2)29-31(44-25-15-21(34)13-22(35)16-25)40(7)27(38-29)9-11-42-33(5,6)43-12-10-28-39-30(20(3)4)32(41(28)8)45-26-17-23(36)14-24(37)18-26/h13-20H,9-12H2,1-8H3. The molecule has 0 radical (unpaired) electrons. The first-order valence-electron chi connectivity index (χ1n) is 14.8. The van der Waals surface area contributed by atoms with Crippen molar-refractivity contribution in [3.05, 3.63) is 79.5 Å². The maximum atomic E-state index is 6.25. The summed E-state index contributed by atoms with van der Waals surface area (Å²) < 4.78 is 16.7. The highest BCUT2D eigenvalue weighted by Crippen LogP contribution is 2.38. The van der Waals surface area contributed by atoms with Crippen molar-refractivity contribution < 1.29 is 9.47 Å². The van der Waals surface area contributed by atoms with Gasteiger partial charge in [0.25, 0.3) is 0 Å². The SMILES string of the molecule is CC(C)c1nc(CCOC(C)(C)OCCc2nc(C(C)C)c(Sc3cc(Cl)cc(Cl)c3)n2C)n(C)c1Sc1cc(Cl)cc(Cl)c1. The quantitative estimate of drug-likeness (QED) is 0.120. The summed E-state index contributed by atoms with van der Waals surface area (Å²) in [4.78, 5) is 11.9. The van der Waals surface area contributed by atoms with E-state index in [1.165, 1.54) is 0 Å². The molecule has 0 saturated heterocycles. The van der Waals surface area contributed by atoms with Crippen molar-refractivity contribution in [1.29, 1.82) is 0 Å². The zero-order valence-electron chi connectivity index (χ0n) is 26.9. The van der Waals surface area contributed by atoms with Crippen LogP contribution in [0.4, 0.5) is 0 Å². The average Bonchev–Trinajstić information content (AvgIpc) is 3.39. The first-order valence-corrected chi connectivity index (χ1v) is 17.9. The maximum Gasteiger partial charge on any atom is 0.162 e. The Kier molecular flexibility index (Phi) is 12.7. The zero-order chi connectivity index (χ0) is 33.1. The summed E-state index contributed by atoms with van der Waals surface area (Å²) >= 11 is 28.2. The predicted molar refractivity (Wildman–Crippen MR) is 189 cm³/mol. The number of benzene rings is 2. The predicted octanol–water partition coefficient (Wildman–Crippen LogP) is 10.9. The molecule has 0 aliphatic carbocycles. The van der Waals surface area contributed by atoms with E-state index in [2.05, 4.69) is 36.8 Å². The molecule has 12 heteroatoms. The zero-order valence-corrected chi connectivity index (χ0v) is 31.5. The molecule has 45 heavy (non-hydrogen) atoms. The van der Waals surface area contributed by atoms with Crippen molar-refractivity contribution in [2.45, 2.75) is 91.8 Å². The summed E-state index contributed by atoms with van der Waals surface area (Å²) in [6.07, 6.45) is 1.29. The molecule has 0 atom stereocenters. The molecule has 0 fully saturated rings. The number of halogens is 4. The Labute approximate surface area is 295 Å². The van der Waals surface area contributed by atoms with Gasteiger partial charge in [0.15, 0.2) is 5.79 Å². The molecule has 0 unspecified atom stereocenters. The molecule has 0 amide bonds. The van der Waals surface area contributed by atoms with Gasteiger partial charge < -0.3 is 18.6 Å². The molecule has 244 valence electrons. The van der Waals surface area contributed by atoms with Crippen molar-refractivity contribution in [2.24, 2.45) is 14.1 Å². The third kappa shape index (κ3) is 9.83. The fraction of sp³-hybridized carbons (Fsp3) is 0.455. The fourth-order valence-electron chi connectivity index (χ4n) is 4.76. The van der Waals surface area contributed by atoms with Crippen LogP contribution in [0.15, 0.2) is 56.2 Å². The smallest absolute Gasteiger partial charge is 0.162 e. The number of imidazole rings is 2. The van der Waals surface area contributed by atoms with Gasteiger partial charge >= 0.3 is 0 Å². The second-order valence-electron chi connectivity index (χ2n) is 11.9. The van der Waals surface area contributed by atoms with Gasteiger partial charge in [0.1, 0.15) is 21.7 Å². The van der Waals surface area contributed by atoms with Crippen LogP contribution in [-0.4, -0.2) is 38.1 Å². The molecule has 0 saturated carbocycles. The molecular formula is C33H40Cl4N4O2S2. The molecule has 4 aromatic rings. The molecule has 0 bridgehead atoms. The lowest BCUT2D eigenvalue weighted by Gasteiger charge is -2.25. The van der Waals surface area contributed by atoms with Crippen LogP contribution in [0.2, 0.25) is 20.1 Å². The summed E-state index contributed by atoms with van der Waals surface area (Å²) in [6.45, 7) is 13.4. The number of nitrogens with zero attached hydrogens (tertiary/aromatic N) is 4. The summed E-state index contributed by atoms with van der Waals surface area (Å²) in [6, 6.07) is 11.1. The molecule has 0 N–H and O–H groups in total. The van der Waals surface area contributed by atoms with Gasteiger partial charge in [0, 0.05) is 56.8 Å². The van der Waals surface area contributed by atoms with Gasteiger partial charge in [-0.2, -0.15) is 0 Å². The molecule has 0 aliphatic heterocycles. The van der Waals surface area contributed by atoms with Gasteiger partial charge in [-0.05, 0) is 62.1 Å². The Hall–Kier alpha value is -1.36. The van der Waals surface area contributed by atoms with Crippen molar-refractivity contribution >= 4 is 69.9 Å². The number of aromatic nitrogens is 4. The van der Waals surface area contributed by atoms with Gasteiger partial charge in [-0.3, -0.25) is 0 Å². The summed E-state index contributed by atoms with van der Waals surface area (Å²) in [5.74, 6) is 1.64. The number of rotatable bonds is 14. The second kappa shape index (κ2) is 15.7. The Bertz CT molecular complexity index is 1480. The van der Waals surface area contributed by atoms with E-state index in [4.69, 9.17) is 65.8 Å². The number of ether oxygens (including phenoxy) is 2. The lowest BCUT2D eigenvalue weighted by Crippen LogP contribution is -2.30. The highest BCUT2D eigenvalue weighted by molar-refractivity contribution is 7.99. The van der Waals surface area contributed by atoms with E-state index in [-0.39, 0.29) is 11.8 Å². The van der Waals surface area contributed by atoms with Crippen molar-refractivity contribution in [3.63, 3.8) is 0 Å². The van der Waals surface area contributed by atoms with Crippen LogP contribution in [0, 0.1) is 0 Å². The van der Waals surface area contributed by atoms with E-state index < -0.39 is 5.79 Å². The minimum atomic E-state index is -0.775. The van der Waals surface area contributed by atoms with E-state index >= 15 is 0 Å². The number of hydrogen-bond acceptors (Lipinski definition) is 6. The highest BCUT2D eigenvalue weighted by atomic mass is 35.5. The molecule has 2 heterocycles. The number of hydrogen-bond donors (Lipinski definition) is 0. The van der Waals surface area contributed by atoms with E-state index in [9.17, 15) is 0 Å². The Morgan fingerprint density at radius 3 is 1.29 bits per heavy atom. The van der Waals surface area contributed by atoms with Gasteiger partial charge in [-0.25, -0.2) is 9.97 Å². The fourth-order valence-corrected chi connectivity index (χ4v) is 8.52. The van der Waals surface area contributed by atoms with Crippen LogP contribution in [0.3, 0.4) is 0 Å². The molecule has 0 aliphatic rings. The molecule has 0 spiro atoms. The maximum absolute atomic E-state index is 6.25. The average molecular weight is 731 g/mol. The largest absolute Gasteiger partial charge is 0.350 e. The van der Waals surface area contributed by atoms with E-state index in [1.807, 2.05) is 52.2 Å². The van der Waals surface area contributed by atoms with Gasteiger partial charge in [-0.1, -0.05) is 97.6 Å². The Morgan fingerprint density at radius 1 is 0.644 bits per heavy atom. The van der Waals surface area contributed by atoms with Gasteiger partial charge in [-0.15, -0.1) is 0 Å². The molecule has 6 nitrogen and oxygen atoms in total. The Balaban J connectivity index is 1.36. The third-order valence-corrected chi connectivity index (χ3v) is 10.2. The van der Waals surface area contributed by atoms with Gasteiger partial charge in [0.2, 0.25) is 0 Å². The summed E-state index contributed by atoms with van der Waals surface area (Å²) in [5, 5.41) is 4.58. The van der Waals surface area contributed by atoms with E-state index in [0.29, 0.717) is 46.1 Å². The monoisotopic (exact) mass is 728 g/mol. The topological polar surface area (TPSA) is 54.1 Å². The lowest BCUT2D eigenvalue weighted by atomic mass is 10.1. The van der Waals surface area contributed by atoms with Crippen LogP contribution in [-0.2, 0) is 36.4 Å². The molecule has 4 rings (SSSR count). The summed E-state index contributed by atoms with van der Waals surface area (Å²) in [7, 11) is 4.08. The van der Waals surface area contributed by atoms with Crippen molar-refractivity contribution in [3.8, 4) is 0 Å². The first kappa shape index (κ1) is 36.5. The molecular weight excluding hydrogens is 690 g/mol. The summed E-state index contributed by atoms with van der Waals surface area (Å²) in [5.41, 5.74) is 2.08. The van der Waals surface area contributed by atoms with Crippen LogP contribution in [0.1, 0.15) is 76.4 Å². The van der Waals surface area contributed by atoms with Crippen molar-refractivity contribution in [2.75, 3.05) is 13.2 Å². The lowest BCUT2D eigenvalue weighted by molar-refractivity contribution is -0.212. The minimum Gasteiger partial charge on any atom is -0.350 e. The highest BCUT2D eigenvalue weighted by Gasteiger charge is 2.24. The van der Waals surface area contributed by atoms with Crippen LogP contribution in [0.25, 0.3) is 0 Å². The van der Waals surface area contributed by atoms with Crippen LogP contribution < -0.4 is 0 Å². The Morgan fingerprint density at radius 2 is 0.978 bits per heavy atom. The second-order valence-corrected chi connectivity index (χ2v) is 15.7. The third-order valence-electron chi connectivity index (χ3n) is 7.07. The van der Waals surface area contributed by atoms with Crippen molar-refractivity contribution in [1.82, 2.24) is 19.1 Å². The normalized spacial score (nSPS) is 12.2. The first-order chi connectivity index (χ1) is 21.1. The van der Waals surface area contributed by atoms with E-state index in [0.717, 1.165) is 42.9 Å². The van der Waals surface area contributed by atoms with Gasteiger partial charge in [0.05, 0.1) is 24.6 Å². The molecule has 2 aromatic carbocycles. The molecule has 2 aromatic heterocycles. The van der Waals surface area contributed by atoms with E-state index in [1.54, 1.807) is 35.7 Å².